The van der Waals surface area contributed by atoms with Crippen molar-refractivity contribution in [2.75, 3.05) is 0 Å². The second kappa shape index (κ2) is 3.94. The topological polar surface area (TPSA) is 113 Å². The molecule has 0 bridgehead atoms. The van der Waals surface area contributed by atoms with Gasteiger partial charge < -0.3 is 18.6 Å². The zero-order valence-electron chi connectivity index (χ0n) is 3.97. The Balaban J connectivity index is 0. The molecular formula is BO6PSi. The molecule has 0 radical (unpaired) electrons. The molecule has 0 aromatic rings. The minimum atomic E-state index is -5.57. The van der Waals surface area contributed by atoms with Crippen LogP contribution in [-0.2, 0) is 13.3 Å². The average Bonchev–Trinajstić information content (AvgIpc) is 1.21. The van der Waals surface area contributed by atoms with Gasteiger partial charge >= 0.3 is 16.3 Å². The van der Waals surface area contributed by atoms with Gasteiger partial charge in [-0.1, -0.05) is 9.05 Å². The maximum Gasteiger partial charge on any atom is 3.00 e. The van der Waals surface area contributed by atoms with Crippen molar-refractivity contribution in [1.82, 2.24) is 0 Å². The molecule has 9 heavy (non-hydrogen) atoms. The first kappa shape index (κ1) is 11.8. The summed E-state index contributed by atoms with van der Waals surface area (Å²) in [6.45, 7) is 0. The summed E-state index contributed by atoms with van der Waals surface area (Å²) in [7, 11) is -9.13. The molecule has 0 saturated carbocycles. The Labute approximate surface area is 54.1 Å². The molecule has 0 spiro atoms. The third-order valence-corrected chi connectivity index (χ3v) is 1.68. The molecule has 0 rings (SSSR count). The van der Waals surface area contributed by atoms with E-state index in [4.69, 9.17) is 0 Å². The van der Waals surface area contributed by atoms with Gasteiger partial charge in [-0.25, -0.2) is 9.13 Å². The van der Waals surface area contributed by atoms with E-state index in [1.54, 1.807) is 0 Å². The minimum Gasteiger partial charge on any atom is -0.860 e. The molecule has 0 unspecified atom stereocenters. The van der Waals surface area contributed by atoms with Crippen molar-refractivity contribution in [3.8, 4) is 0 Å². The van der Waals surface area contributed by atoms with Crippen LogP contribution in [0.1, 0.15) is 0 Å². The van der Waals surface area contributed by atoms with Crippen molar-refractivity contribution in [2.45, 2.75) is 0 Å². The fourth-order valence-corrected chi connectivity index (χ4v) is 0.822. The predicted molar refractivity (Wildman–Crippen MR) is 20.9 cm³/mol. The number of hydrogen-bond acceptors (Lipinski definition) is 6. The standard InChI is InChI=1S/B.O6PSi/c;1-7(2)6-8(3,4)5/q+3;-3. The van der Waals surface area contributed by atoms with Crippen molar-refractivity contribution >= 4 is 25.4 Å². The first-order valence-electron chi connectivity index (χ1n) is 1.36. The first-order valence-corrected chi connectivity index (χ1v) is 4.09. The Morgan fingerprint density at radius 1 is 1.22 bits per heavy atom. The molecule has 0 aromatic carbocycles. The fourth-order valence-electron chi connectivity index (χ4n) is 0.0913. The molecule has 0 fully saturated rings. The van der Waals surface area contributed by atoms with E-state index in [-0.39, 0.29) is 8.41 Å². The number of rotatable bonds is 2. The molecule has 48 valence electrons. The van der Waals surface area contributed by atoms with Gasteiger partial charge in [-0.15, -0.1) is 0 Å². The summed E-state index contributed by atoms with van der Waals surface area (Å²) >= 11 is 0. The Morgan fingerprint density at radius 2 is 1.56 bits per heavy atom. The van der Waals surface area contributed by atoms with Gasteiger partial charge in [0.1, 0.15) is 0 Å². The molecule has 0 aliphatic rings. The fraction of sp³-hybridized carbons (Fsp3) is 0. The van der Waals surface area contributed by atoms with Gasteiger partial charge in [0, 0.05) is 0 Å². The van der Waals surface area contributed by atoms with E-state index in [1.807, 2.05) is 0 Å². The van der Waals surface area contributed by atoms with E-state index >= 15 is 0 Å². The van der Waals surface area contributed by atoms with Crippen molar-refractivity contribution < 1.29 is 27.7 Å². The maximum atomic E-state index is 9.34. The molecule has 0 aliphatic carbocycles. The summed E-state index contributed by atoms with van der Waals surface area (Å²) in [5.41, 5.74) is 0. The maximum absolute atomic E-state index is 9.34. The molecule has 0 N–H and O–H groups in total. The Bertz CT molecular complexity index is 124. The Hall–Kier alpha value is 0.0218. The zero-order valence-corrected chi connectivity index (χ0v) is 5.87. The van der Waals surface area contributed by atoms with Gasteiger partial charge in [0.2, 0.25) is 0 Å². The molecule has 0 saturated heterocycles. The van der Waals surface area contributed by atoms with Crippen LogP contribution in [-0.4, -0.2) is 17.5 Å². The first-order chi connectivity index (χ1) is 3.42. The SMILES string of the molecule is O=P(=O)O[Si]([O-])([O-])[O-].[B+3]. The quantitative estimate of drug-likeness (QED) is 0.307. The Morgan fingerprint density at radius 3 is 1.56 bits per heavy atom. The van der Waals surface area contributed by atoms with Crippen LogP contribution in [0.5, 0.6) is 0 Å². The normalized spacial score (nSPS) is 10.1. The summed E-state index contributed by atoms with van der Waals surface area (Å²) in [5.74, 6) is 0. The third kappa shape index (κ3) is 11.5. The van der Waals surface area contributed by atoms with Crippen LogP contribution in [0.15, 0.2) is 0 Å². The number of hydrogen-bond donors (Lipinski definition) is 0. The molecular weight excluding hydrogens is 166 g/mol. The van der Waals surface area contributed by atoms with Crippen LogP contribution in [0.3, 0.4) is 0 Å². The summed E-state index contributed by atoms with van der Waals surface area (Å²) in [6.07, 6.45) is 0. The van der Waals surface area contributed by atoms with Gasteiger partial charge in [0.25, 0.3) is 0 Å². The summed E-state index contributed by atoms with van der Waals surface area (Å²) in [6, 6.07) is 0. The van der Waals surface area contributed by atoms with Crippen LogP contribution in [0.2, 0.25) is 0 Å². The largest absolute Gasteiger partial charge is 3.00 e. The van der Waals surface area contributed by atoms with Crippen LogP contribution >= 0.6 is 7.91 Å². The monoisotopic (exact) mass is 166 g/mol. The molecule has 0 amide bonds. The van der Waals surface area contributed by atoms with Gasteiger partial charge in [0.15, 0.2) is 0 Å². The smallest absolute Gasteiger partial charge is 0.860 e. The second-order valence-electron chi connectivity index (χ2n) is 0.815. The van der Waals surface area contributed by atoms with Crippen molar-refractivity contribution in [3.05, 3.63) is 0 Å². The molecule has 0 aliphatic heterocycles. The van der Waals surface area contributed by atoms with Crippen molar-refractivity contribution in [3.63, 3.8) is 0 Å². The van der Waals surface area contributed by atoms with Crippen LogP contribution in [0, 0.1) is 0 Å². The Kier molecular flexibility index (Phi) is 5.15. The second-order valence-corrected chi connectivity index (χ2v) is 2.99. The van der Waals surface area contributed by atoms with Gasteiger partial charge in [-0.3, -0.25) is 0 Å². The van der Waals surface area contributed by atoms with E-state index in [2.05, 4.69) is 4.21 Å². The van der Waals surface area contributed by atoms with E-state index < -0.39 is 17.0 Å². The van der Waals surface area contributed by atoms with Gasteiger partial charge in [-0.2, -0.15) is 0 Å². The third-order valence-electron chi connectivity index (χ3n) is 0.186. The van der Waals surface area contributed by atoms with Crippen LogP contribution in [0.4, 0.5) is 0 Å². The molecule has 0 atom stereocenters. The zero-order chi connectivity index (χ0) is 6.78. The van der Waals surface area contributed by atoms with E-state index in [0.717, 1.165) is 0 Å². The van der Waals surface area contributed by atoms with Crippen LogP contribution in [0.25, 0.3) is 0 Å². The van der Waals surface area contributed by atoms with E-state index in [0.29, 0.717) is 0 Å². The predicted octanol–water partition coefficient (Wildman–Crippen LogP) is -3.77. The molecule has 0 aromatic heterocycles. The van der Waals surface area contributed by atoms with Crippen LogP contribution < -0.4 is 14.4 Å². The van der Waals surface area contributed by atoms with E-state index in [9.17, 15) is 23.5 Å². The summed E-state index contributed by atoms with van der Waals surface area (Å²) in [5, 5.41) is 0. The molecule has 6 nitrogen and oxygen atoms in total. The summed E-state index contributed by atoms with van der Waals surface area (Å²) in [4.78, 5) is 28.0. The molecule has 0 heterocycles. The summed E-state index contributed by atoms with van der Waals surface area (Å²) < 4.78 is 21.4. The average molecular weight is 166 g/mol. The molecule has 9 heteroatoms. The van der Waals surface area contributed by atoms with E-state index in [1.165, 1.54) is 0 Å². The van der Waals surface area contributed by atoms with Crippen molar-refractivity contribution in [2.24, 2.45) is 0 Å². The van der Waals surface area contributed by atoms with Crippen molar-refractivity contribution in [1.29, 1.82) is 0 Å². The minimum absolute atomic E-state index is 0. The van der Waals surface area contributed by atoms with Gasteiger partial charge in [0.05, 0.1) is 0 Å². The van der Waals surface area contributed by atoms with Gasteiger partial charge in [-0.05, 0) is 0 Å².